The molecule has 5 heteroatoms. The van der Waals surface area contributed by atoms with Crippen molar-refractivity contribution in [3.05, 3.63) is 0 Å². The Hall–Kier alpha value is -0.810. The number of nitrogens with zero attached hydrogens (tertiary/aromatic N) is 1. The van der Waals surface area contributed by atoms with Gasteiger partial charge in [0.15, 0.2) is 0 Å². The lowest BCUT2D eigenvalue weighted by Gasteiger charge is -2.18. The molecule has 0 radical (unpaired) electrons. The largest absolute Gasteiger partial charge is 0.351 e. The van der Waals surface area contributed by atoms with E-state index in [1.54, 1.807) is 0 Å². The van der Waals surface area contributed by atoms with Crippen molar-refractivity contribution in [3.63, 3.8) is 0 Å². The first-order chi connectivity index (χ1) is 5.22. The first-order valence-electron chi connectivity index (χ1n) is 3.67. The maximum absolute atomic E-state index is 10.6. The van der Waals surface area contributed by atoms with Gasteiger partial charge in [-0.15, -0.1) is 0 Å². The standard InChI is InChI=1S/C6H16N4O/c7-2-1-4-10(5-3-8)6(9)11/h1-5,7-8H2,(H2,9,11). The molecule has 11 heavy (non-hydrogen) atoms. The summed E-state index contributed by atoms with van der Waals surface area (Å²) in [5, 5.41) is 0. The summed E-state index contributed by atoms with van der Waals surface area (Å²) >= 11 is 0. The minimum Gasteiger partial charge on any atom is -0.351 e. The second-order valence-electron chi connectivity index (χ2n) is 2.26. The molecule has 0 aliphatic carbocycles. The molecule has 0 aromatic rings. The number of hydrogen-bond donors (Lipinski definition) is 3. The predicted octanol–water partition coefficient (Wildman–Crippen LogP) is -1.33. The van der Waals surface area contributed by atoms with E-state index in [2.05, 4.69) is 0 Å². The van der Waals surface area contributed by atoms with Crippen LogP contribution >= 0.6 is 0 Å². The lowest BCUT2D eigenvalue weighted by atomic mass is 10.4. The fourth-order valence-corrected chi connectivity index (χ4v) is 0.770. The molecule has 2 amide bonds. The van der Waals surface area contributed by atoms with Gasteiger partial charge in [-0.05, 0) is 13.0 Å². The molecule has 0 aromatic heterocycles. The molecule has 66 valence electrons. The fourth-order valence-electron chi connectivity index (χ4n) is 0.770. The first-order valence-corrected chi connectivity index (χ1v) is 3.67. The zero-order valence-electron chi connectivity index (χ0n) is 6.62. The van der Waals surface area contributed by atoms with Gasteiger partial charge in [0.05, 0.1) is 0 Å². The van der Waals surface area contributed by atoms with Gasteiger partial charge in [0, 0.05) is 19.6 Å². The summed E-state index contributed by atoms with van der Waals surface area (Å²) in [5.41, 5.74) is 15.6. The van der Waals surface area contributed by atoms with Crippen LogP contribution in [0.3, 0.4) is 0 Å². The van der Waals surface area contributed by atoms with Crippen LogP contribution in [0.5, 0.6) is 0 Å². The number of urea groups is 1. The van der Waals surface area contributed by atoms with Crippen LogP contribution in [0.2, 0.25) is 0 Å². The molecule has 0 fully saturated rings. The Balaban J connectivity index is 3.60. The van der Waals surface area contributed by atoms with Crippen LogP contribution in [-0.2, 0) is 0 Å². The number of carbonyl (C=O) groups excluding carboxylic acids is 1. The highest BCUT2D eigenvalue weighted by atomic mass is 16.2. The van der Waals surface area contributed by atoms with Gasteiger partial charge in [-0.2, -0.15) is 0 Å². The smallest absolute Gasteiger partial charge is 0.314 e. The van der Waals surface area contributed by atoms with E-state index in [1.165, 1.54) is 4.90 Å². The van der Waals surface area contributed by atoms with E-state index in [9.17, 15) is 4.79 Å². The van der Waals surface area contributed by atoms with E-state index in [-0.39, 0.29) is 0 Å². The van der Waals surface area contributed by atoms with Crippen molar-refractivity contribution in [3.8, 4) is 0 Å². The number of hydrogen-bond acceptors (Lipinski definition) is 3. The monoisotopic (exact) mass is 160 g/mol. The molecule has 0 heterocycles. The number of amides is 2. The Kier molecular flexibility index (Phi) is 5.50. The van der Waals surface area contributed by atoms with Gasteiger partial charge in [0.2, 0.25) is 0 Å². The maximum atomic E-state index is 10.6. The molecule has 0 aliphatic heterocycles. The van der Waals surface area contributed by atoms with Gasteiger partial charge in [-0.3, -0.25) is 0 Å². The molecule has 0 spiro atoms. The second-order valence-corrected chi connectivity index (χ2v) is 2.26. The van der Waals surface area contributed by atoms with Crippen molar-refractivity contribution in [2.45, 2.75) is 6.42 Å². The summed E-state index contributed by atoms with van der Waals surface area (Å²) in [5.74, 6) is 0. The van der Waals surface area contributed by atoms with Crippen molar-refractivity contribution < 1.29 is 4.79 Å². The molecule has 5 nitrogen and oxygen atoms in total. The zero-order chi connectivity index (χ0) is 8.69. The summed E-state index contributed by atoms with van der Waals surface area (Å²) in [4.78, 5) is 12.1. The van der Waals surface area contributed by atoms with Crippen LogP contribution in [0.4, 0.5) is 4.79 Å². The zero-order valence-corrected chi connectivity index (χ0v) is 6.62. The van der Waals surface area contributed by atoms with E-state index >= 15 is 0 Å². The summed E-state index contributed by atoms with van der Waals surface area (Å²) in [7, 11) is 0. The van der Waals surface area contributed by atoms with Gasteiger partial charge >= 0.3 is 6.03 Å². The maximum Gasteiger partial charge on any atom is 0.314 e. The Labute approximate surface area is 66.5 Å². The highest BCUT2D eigenvalue weighted by Gasteiger charge is 2.05. The summed E-state index contributed by atoms with van der Waals surface area (Å²) < 4.78 is 0. The molecule has 0 atom stereocenters. The normalized spacial score (nSPS) is 9.64. The van der Waals surface area contributed by atoms with Gasteiger partial charge < -0.3 is 22.1 Å². The minimum atomic E-state index is -0.427. The summed E-state index contributed by atoms with van der Waals surface area (Å²) in [6, 6.07) is -0.427. The lowest BCUT2D eigenvalue weighted by molar-refractivity contribution is 0.208. The molecule has 0 aliphatic rings. The highest BCUT2D eigenvalue weighted by molar-refractivity contribution is 5.71. The molecule has 0 saturated carbocycles. The SMILES string of the molecule is NCCCN(CCN)C(N)=O. The van der Waals surface area contributed by atoms with Crippen LogP contribution in [0.1, 0.15) is 6.42 Å². The topological polar surface area (TPSA) is 98.4 Å². The Morgan fingerprint density at radius 1 is 1.18 bits per heavy atom. The van der Waals surface area contributed by atoms with Crippen molar-refractivity contribution >= 4 is 6.03 Å². The Morgan fingerprint density at radius 2 is 1.82 bits per heavy atom. The predicted molar refractivity (Wildman–Crippen MR) is 43.9 cm³/mol. The fraction of sp³-hybridized carbons (Fsp3) is 0.833. The van der Waals surface area contributed by atoms with Crippen molar-refractivity contribution in [1.82, 2.24) is 4.90 Å². The molecular weight excluding hydrogens is 144 g/mol. The van der Waals surface area contributed by atoms with Gasteiger partial charge in [0.1, 0.15) is 0 Å². The third-order valence-corrected chi connectivity index (χ3v) is 1.34. The number of primary amides is 1. The van der Waals surface area contributed by atoms with Crippen molar-refractivity contribution in [2.24, 2.45) is 17.2 Å². The average molecular weight is 160 g/mol. The minimum absolute atomic E-state index is 0.427. The van der Waals surface area contributed by atoms with Gasteiger partial charge in [-0.25, -0.2) is 4.79 Å². The number of carbonyl (C=O) groups is 1. The molecular formula is C6H16N4O. The van der Waals surface area contributed by atoms with Crippen LogP contribution in [0.25, 0.3) is 0 Å². The lowest BCUT2D eigenvalue weighted by Crippen LogP contribution is -2.40. The highest BCUT2D eigenvalue weighted by Crippen LogP contribution is 1.88. The third kappa shape index (κ3) is 4.58. The molecule has 0 unspecified atom stereocenters. The van der Waals surface area contributed by atoms with E-state index in [1.807, 2.05) is 0 Å². The number of rotatable bonds is 5. The van der Waals surface area contributed by atoms with Crippen LogP contribution in [0, 0.1) is 0 Å². The summed E-state index contributed by atoms with van der Waals surface area (Å²) in [6.45, 7) is 2.11. The van der Waals surface area contributed by atoms with Gasteiger partial charge in [0.25, 0.3) is 0 Å². The van der Waals surface area contributed by atoms with E-state index in [0.29, 0.717) is 26.2 Å². The molecule has 0 bridgehead atoms. The third-order valence-electron chi connectivity index (χ3n) is 1.34. The Morgan fingerprint density at radius 3 is 2.18 bits per heavy atom. The van der Waals surface area contributed by atoms with Crippen LogP contribution in [-0.4, -0.2) is 37.1 Å². The molecule has 0 rings (SSSR count). The Bertz CT molecular complexity index is 117. The van der Waals surface area contributed by atoms with E-state index in [4.69, 9.17) is 17.2 Å². The quantitative estimate of drug-likeness (QED) is 0.465. The second kappa shape index (κ2) is 5.94. The first kappa shape index (κ1) is 10.2. The van der Waals surface area contributed by atoms with E-state index in [0.717, 1.165) is 6.42 Å². The van der Waals surface area contributed by atoms with Gasteiger partial charge in [-0.1, -0.05) is 0 Å². The van der Waals surface area contributed by atoms with Crippen LogP contribution in [0.15, 0.2) is 0 Å². The van der Waals surface area contributed by atoms with Crippen LogP contribution < -0.4 is 17.2 Å². The summed E-state index contributed by atoms with van der Waals surface area (Å²) in [6.07, 6.45) is 0.767. The molecule has 6 N–H and O–H groups in total. The molecule has 0 aromatic carbocycles. The number of nitrogens with two attached hydrogens (primary N) is 3. The average Bonchev–Trinajstić information content (AvgIpc) is 1.97. The van der Waals surface area contributed by atoms with Crippen molar-refractivity contribution in [2.75, 3.05) is 26.2 Å². The molecule has 0 saturated heterocycles. The van der Waals surface area contributed by atoms with E-state index < -0.39 is 6.03 Å². The van der Waals surface area contributed by atoms with Crippen molar-refractivity contribution in [1.29, 1.82) is 0 Å².